The summed E-state index contributed by atoms with van der Waals surface area (Å²) in [6.07, 6.45) is 15.6. The van der Waals surface area contributed by atoms with E-state index in [1.807, 2.05) is 0 Å². The Morgan fingerprint density at radius 3 is 1.25 bits per heavy atom. The van der Waals surface area contributed by atoms with Crippen molar-refractivity contribution in [3.63, 3.8) is 0 Å². The smallest absolute Gasteiger partial charge is 0.220 e. The zero-order valence-corrected chi connectivity index (χ0v) is 16.1. The Morgan fingerprint density at radius 2 is 0.875 bits per heavy atom. The SMILES string of the molecule is CCCCCCCCC(=O)NCCNC(=O)CCCCCCCC. The first-order valence-electron chi connectivity index (χ1n) is 10.2. The number of nitrogens with one attached hydrogen (secondary N) is 2. The fourth-order valence-corrected chi connectivity index (χ4v) is 2.71. The van der Waals surface area contributed by atoms with E-state index in [2.05, 4.69) is 24.5 Å². The molecule has 4 nitrogen and oxygen atoms in total. The van der Waals surface area contributed by atoms with Crippen LogP contribution >= 0.6 is 0 Å². The van der Waals surface area contributed by atoms with E-state index in [9.17, 15) is 9.59 Å². The standard InChI is InChI=1S/C20H40N2O2/c1-3-5-7-9-11-13-15-19(23)21-17-18-22-20(24)16-14-12-10-8-6-4-2/h3-18H2,1-2H3,(H,21,23)(H,22,24). The maximum Gasteiger partial charge on any atom is 0.220 e. The van der Waals surface area contributed by atoms with Crippen molar-refractivity contribution in [2.75, 3.05) is 13.1 Å². The van der Waals surface area contributed by atoms with Crippen molar-refractivity contribution in [3.05, 3.63) is 0 Å². The third-order valence-corrected chi connectivity index (χ3v) is 4.28. The van der Waals surface area contributed by atoms with Crippen molar-refractivity contribution < 1.29 is 9.59 Å². The van der Waals surface area contributed by atoms with Gasteiger partial charge in [-0.2, -0.15) is 0 Å². The van der Waals surface area contributed by atoms with Crippen LogP contribution in [0.25, 0.3) is 0 Å². The summed E-state index contributed by atoms with van der Waals surface area (Å²) < 4.78 is 0. The van der Waals surface area contributed by atoms with Gasteiger partial charge in [-0.15, -0.1) is 0 Å². The predicted octanol–water partition coefficient (Wildman–Crippen LogP) is 4.72. The van der Waals surface area contributed by atoms with E-state index in [4.69, 9.17) is 0 Å². The minimum atomic E-state index is 0.107. The number of hydrogen-bond acceptors (Lipinski definition) is 2. The zero-order chi connectivity index (χ0) is 17.9. The van der Waals surface area contributed by atoms with E-state index in [0.29, 0.717) is 25.9 Å². The maximum atomic E-state index is 11.6. The normalized spacial score (nSPS) is 10.6. The summed E-state index contributed by atoms with van der Waals surface area (Å²) >= 11 is 0. The third kappa shape index (κ3) is 17.3. The largest absolute Gasteiger partial charge is 0.354 e. The number of amides is 2. The van der Waals surface area contributed by atoms with Gasteiger partial charge >= 0.3 is 0 Å². The Balaban J connectivity index is 3.31. The van der Waals surface area contributed by atoms with Crippen molar-refractivity contribution in [1.82, 2.24) is 10.6 Å². The summed E-state index contributed by atoms with van der Waals surface area (Å²) in [5, 5.41) is 5.75. The quantitative estimate of drug-likeness (QED) is 0.376. The molecule has 0 bridgehead atoms. The number of rotatable bonds is 17. The summed E-state index contributed by atoms with van der Waals surface area (Å²) in [5.74, 6) is 0.214. The molecule has 142 valence electrons. The average molecular weight is 341 g/mol. The molecule has 0 spiro atoms. The fraction of sp³-hybridized carbons (Fsp3) is 0.900. The maximum absolute atomic E-state index is 11.6. The van der Waals surface area contributed by atoms with Crippen molar-refractivity contribution in [2.24, 2.45) is 0 Å². The van der Waals surface area contributed by atoms with Crippen molar-refractivity contribution in [2.45, 2.75) is 104 Å². The van der Waals surface area contributed by atoms with E-state index >= 15 is 0 Å². The highest BCUT2D eigenvalue weighted by molar-refractivity contribution is 5.77. The molecule has 24 heavy (non-hydrogen) atoms. The molecule has 4 heteroatoms. The summed E-state index contributed by atoms with van der Waals surface area (Å²) in [6, 6.07) is 0. The molecule has 0 aromatic rings. The van der Waals surface area contributed by atoms with Crippen LogP contribution in [0.5, 0.6) is 0 Å². The fourth-order valence-electron chi connectivity index (χ4n) is 2.71. The van der Waals surface area contributed by atoms with Gasteiger partial charge in [0.15, 0.2) is 0 Å². The first-order valence-corrected chi connectivity index (χ1v) is 10.2. The lowest BCUT2D eigenvalue weighted by Crippen LogP contribution is -2.34. The molecular weight excluding hydrogens is 300 g/mol. The first-order chi connectivity index (χ1) is 11.7. The van der Waals surface area contributed by atoms with Crippen LogP contribution in [0.4, 0.5) is 0 Å². The van der Waals surface area contributed by atoms with Crippen LogP contribution in [0.2, 0.25) is 0 Å². The van der Waals surface area contributed by atoms with Gasteiger partial charge in [-0.25, -0.2) is 0 Å². The van der Waals surface area contributed by atoms with Crippen LogP contribution in [0, 0.1) is 0 Å². The van der Waals surface area contributed by atoms with E-state index in [0.717, 1.165) is 25.7 Å². The minimum Gasteiger partial charge on any atom is -0.354 e. The number of carbonyl (C=O) groups excluding carboxylic acids is 2. The average Bonchev–Trinajstić information content (AvgIpc) is 2.58. The lowest BCUT2D eigenvalue weighted by Gasteiger charge is -2.07. The highest BCUT2D eigenvalue weighted by atomic mass is 16.2. The molecule has 0 aliphatic heterocycles. The second kappa shape index (κ2) is 18.3. The van der Waals surface area contributed by atoms with Crippen LogP contribution in [0.15, 0.2) is 0 Å². The molecule has 0 fully saturated rings. The Morgan fingerprint density at radius 1 is 0.542 bits per heavy atom. The Labute approximate surface area is 149 Å². The van der Waals surface area contributed by atoms with Gasteiger partial charge in [0, 0.05) is 25.9 Å². The topological polar surface area (TPSA) is 58.2 Å². The molecule has 0 aromatic carbocycles. The Kier molecular flexibility index (Phi) is 17.5. The van der Waals surface area contributed by atoms with Gasteiger partial charge < -0.3 is 10.6 Å². The number of carbonyl (C=O) groups is 2. The van der Waals surface area contributed by atoms with Crippen molar-refractivity contribution in [3.8, 4) is 0 Å². The summed E-state index contributed by atoms with van der Waals surface area (Å²) in [7, 11) is 0. The van der Waals surface area contributed by atoms with E-state index in [1.54, 1.807) is 0 Å². The minimum absolute atomic E-state index is 0.107. The number of hydrogen-bond donors (Lipinski definition) is 2. The Hall–Kier alpha value is -1.06. The molecule has 0 unspecified atom stereocenters. The van der Waals surface area contributed by atoms with Crippen LogP contribution < -0.4 is 10.6 Å². The highest BCUT2D eigenvalue weighted by Crippen LogP contribution is 2.07. The van der Waals surface area contributed by atoms with E-state index < -0.39 is 0 Å². The lowest BCUT2D eigenvalue weighted by atomic mass is 10.1. The van der Waals surface area contributed by atoms with Gasteiger partial charge in [0.25, 0.3) is 0 Å². The molecule has 0 aliphatic carbocycles. The van der Waals surface area contributed by atoms with Gasteiger partial charge in [-0.05, 0) is 12.8 Å². The number of unbranched alkanes of at least 4 members (excludes halogenated alkanes) is 10. The lowest BCUT2D eigenvalue weighted by molar-refractivity contribution is -0.123. The van der Waals surface area contributed by atoms with Crippen LogP contribution in [-0.4, -0.2) is 24.9 Å². The first kappa shape index (κ1) is 22.9. The highest BCUT2D eigenvalue weighted by Gasteiger charge is 2.03. The molecule has 0 aromatic heterocycles. The molecule has 0 atom stereocenters. The van der Waals surface area contributed by atoms with Crippen LogP contribution in [0.3, 0.4) is 0 Å². The van der Waals surface area contributed by atoms with Gasteiger partial charge in [0.05, 0.1) is 0 Å². The van der Waals surface area contributed by atoms with Gasteiger partial charge in [-0.3, -0.25) is 9.59 Å². The van der Waals surface area contributed by atoms with Gasteiger partial charge in [0.1, 0.15) is 0 Å². The molecule has 2 N–H and O–H groups in total. The van der Waals surface area contributed by atoms with E-state index in [1.165, 1.54) is 51.4 Å². The predicted molar refractivity (Wildman–Crippen MR) is 102 cm³/mol. The molecule has 0 saturated carbocycles. The van der Waals surface area contributed by atoms with Gasteiger partial charge in [-0.1, -0.05) is 78.1 Å². The van der Waals surface area contributed by atoms with E-state index in [-0.39, 0.29) is 11.8 Å². The molecule has 2 amide bonds. The molecular formula is C20H40N2O2. The molecule has 0 saturated heterocycles. The monoisotopic (exact) mass is 340 g/mol. The van der Waals surface area contributed by atoms with Gasteiger partial charge in [0.2, 0.25) is 11.8 Å². The molecule has 0 heterocycles. The molecule has 0 rings (SSSR count). The molecule has 0 aliphatic rings. The summed E-state index contributed by atoms with van der Waals surface area (Å²) in [6.45, 7) is 5.49. The van der Waals surface area contributed by atoms with Crippen molar-refractivity contribution >= 4 is 11.8 Å². The second-order valence-electron chi connectivity index (χ2n) is 6.74. The summed E-state index contributed by atoms with van der Waals surface area (Å²) in [4.78, 5) is 23.3. The van der Waals surface area contributed by atoms with Crippen molar-refractivity contribution in [1.29, 1.82) is 0 Å². The zero-order valence-electron chi connectivity index (χ0n) is 16.1. The second-order valence-corrected chi connectivity index (χ2v) is 6.74. The summed E-state index contributed by atoms with van der Waals surface area (Å²) in [5.41, 5.74) is 0. The third-order valence-electron chi connectivity index (χ3n) is 4.28. The van der Waals surface area contributed by atoms with Crippen LogP contribution in [0.1, 0.15) is 104 Å². The van der Waals surface area contributed by atoms with Crippen LogP contribution in [-0.2, 0) is 9.59 Å². The molecule has 0 radical (unpaired) electrons. The Bertz CT molecular complexity index is 276.